The van der Waals surface area contributed by atoms with Crippen molar-refractivity contribution < 1.29 is 4.79 Å². The molecule has 0 heterocycles. The summed E-state index contributed by atoms with van der Waals surface area (Å²) in [6.45, 7) is 2.03. The lowest BCUT2D eigenvalue weighted by Gasteiger charge is -2.04. The molecule has 3 heteroatoms. The Morgan fingerprint density at radius 1 is 1.12 bits per heavy atom. The van der Waals surface area contributed by atoms with E-state index in [1.807, 2.05) is 6.92 Å². The van der Waals surface area contributed by atoms with Crippen LogP contribution in [0.2, 0.25) is 0 Å². The van der Waals surface area contributed by atoms with Gasteiger partial charge in [0.15, 0.2) is 0 Å². The highest BCUT2D eigenvalue weighted by Gasteiger charge is 2.54. The van der Waals surface area contributed by atoms with E-state index in [1.54, 1.807) is 0 Å². The molecule has 0 aromatic heterocycles. The molecule has 3 aliphatic rings. The SMILES string of the molecule is C/C(=N/NC(=O)C1[C@@H]2CCCC[C@@H]12)C1CC1. The summed E-state index contributed by atoms with van der Waals surface area (Å²) in [6.07, 6.45) is 7.65. The Bertz CT molecular complexity index is 321. The van der Waals surface area contributed by atoms with Crippen LogP contribution in [0.5, 0.6) is 0 Å². The van der Waals surface area contributed by atoms with E-state index >= 15 is 0 Å². The van der Waals surface area contributed by atoms with Gasteiger partial charge >= 0.3 is 0 Å². The van der Waals surface area contributed by atoms with Crippen molar-refractivity contribution in [2.75, 3.05) is 0 Å². The molecule has 0 radical (unpaired) electrons. The molecular weight excluding hydrogens is 200 g/mol. The maximum Gasteiger partial charge on any atom is 0.243 e. The minimum atomic E-state index is 0.178. The molecule has 0 saturated heterocycles. The molecule has 0 aromatic rings. The van der Waals surface area contributed by atoms with Gasteiger partial charge in [0.05, 0.1) is 0 Å². The van der Waals surface area contributed by atoms with E-state index in [9.17, 15) is 4.79 Å². The van der Waals surface area contributed by atoms with Crippen LogP contribution in [-0.2, 0) is 4.79 Å². The molecule has 88 valence electrons. The van der Waals surface area contributed by atoms with E-state index in [2.05, 4.69) is 10.5 Å². The van der Waals surface area contributed by atoms with Gasteiger partial charge < -0.3 is 0 Å². The van der Waals surface area contributed by atoms with Crippen LogP contribution in [0.25, 0.3) is 0 Å². The summed E-state index contributed by atoms with van der Waals surface area (Å²) in [5, 5.41) is 4.22. The number of carbonyl (C=O) groups excluding carboxylic acids is 1. The van der Waals surface area contributed by atoms with Crippen molar-refractivity contribution >= 4 is 11.6 Å². The zero-order valence-corrected chi connectivity index (χ0v) is 9.91. The van der Waals surface area contributed by atoms with E-state index in [0.717, 1.165) is 5.71 Å². The maximum absolute atomic E-state index is 11.9. The molecule has 0 bridgehead atoms. The number of hydrogen-bond acceptors (Lipinski definition) is 2. The van der Waals surface area contributed by atoms with Crippen LogP contribution >= 0.6 is 0 Å². The quantitative estimate of drug-likeness (QED) is 0.575. The Labute approximate surface area is 96.7 Å². The molecule has 3 aliphatic carbocycles. The summed E-state index contributed by atoms with van der Waals surface area (Å²) in [6, 6.07) is 0. The van der Waals surface area contributed by atoms with Gasteiger partial charge in [-0.05, 0) is 50.4 Å². The van der Waals surface area contributed by atoms with Gasteiger partial charge in [0.25, 0.3) is 0 Å². The molecule has 0 aromatic carbocycles. The van der Waals surface area contributed by atoms with Crippen molar-refractivity contribution in [2.45, 2.75) is 45.4 Å². The zero-order valence-electron chi connectivity index (χ0n) is 9.91. The Morgan fingerprint density at radius 3 is 2.31 bits per heavy atom. The smallest absolute Gasteiger partial charge is 0.243 e. The first-order valence-corrected chi connectivity index (χ1v) is 6.61. The second-order valence-electron chi connectivity index (χ2n) is 5.64. The van der Waals surface area contributed by atoms with Gasteiger partial charge in [0, 0.05) is 11.6 Å². The summed E-state index contributed by atoms with van der Waals surface area (Å²) in [4.78, 5) is 11.9. The summed E-state index contributed by atoms with van der Waals surface area (Å²) in [7, 11) is 0. The summed E-state index contributed by atoms with van der Waals surface area (Å²) < 4.78 is 0. The molecule has 2 atom stereocenters. The van der Waals surface area contributed by atoms with E-state index in [4.69, 9.17) is 0 Å². The number of nitrogens with zero attached hydrogens (tertiary/aromatic N) is 1. The zero-order chi connectivity index (χ0) is 11.1. The molecule has 16 heavy (non-hydrogen) atoms. The summed E-state index contributed by atoms with van der Waals surface area (Å²) in [5.74, 6) is 2.49. The normalized spacial score (nSPS) is 37.8. The third-order valence-electron chi connectivity index (χ3n) is 4.47. The van der Waals surface area contributed by atoms with E-state index in [1.165, 1.54) is 38.5 Å². The Balaban J connectivity index is 1.52. The van der Waals surface area contributed by atoms with Crippen LogP contribution in [0.15, 0.2) is 5.10 Å². The predicted molar refractivity (Wildman–Crippen MR) is 62.9 cm³/mol. The molecule has 0 unspecified atom stereocenters. The lowest BCUT2D eigenvalue weighted by atomic mass is 10.0. The molecule has 3 fully saturated rings. The number of hydrogen-bond donors (Lipinski definition) is 1. The van der Waals surface area contributed by atoms with E-state index < -0.39 is 0 Å². The third-order valence-corrected chi connectivity index (χ3v) is 4.47. The number of rotatable bonds is 3. The lowest BCUT2D eigenvalue weighted by Crippen LogP contribution is -2.22. The number of carbonyl (C=O) groups is 1. The van der Waals surface area contributed by atoms with Crippen molar-refractivity contribution in [1.29, 1.82) is 0 Å². The monoisotopic (exact) mass is 220 g/mol. The molecule has 0 aliphatic heterocycles. The summed E-state index contributed by atoms with van der Waals surface area (Å²) in [5.41, 5.74) is 3.88. The second kappa shape index (κ2) is 3.86. The molecule has 3 rings (SSSR count). The first-order valence-electron chi connectivity index (χ1n) is 6.61. The minimum Gasteiger partial charge on any atom is -0.273 e. The Hall–Kier alpha value is -0.860. The highest BCUT2D eigenvalue weighted by Crippen LogP contribution is 2.55. The third kappa shape index (κ3) is 1.87. The summed E-state index contributed by atoms with van der Waals surface area (Å²) >= 11 is 0. The average molecular weight is 220 g/mol. The Kier molecular flexibility index (Phi) is 2.49. The topological polar surface area (TPSA) is 41.5 Å². The fourth-order valence-corrected chi connectivity index (χ4v) is 3.19. The van der Waals surface area contributed by atoms with Crippen molar-refractivity contribution in [1.82, 2.24) is 5.43 Å². The van der Waals surface area contributed by atoms with Crippen molar-refractivity contribution in [3.8, 4) is 0 Å². The van der Waals surface area contributed by atoms with Gasteiger partial charge in [-0.3, -0.25) is 4.79 Å². The van der Waals surface area contributed by atoms with Crippen LogP contribution in [-0.4, -0.2) is 11.6 Å². The lowest BCUT2D eigenvalue weighted by molar-refractivity contribution is -0.122. The fraction of sp³-hybridized carbons (Fsp3) is 0.846. The number of fused-ring (bicyclic) bond motifs is 1. The molecule has 3 nitrogen and oxygen atoms in total. The van der Waals surface area contributed by atoms with E-state index in [0.29, 0.717) is 23.7 Å². The molecule has 3 saturated carbocycles. The van der Waals surface area contributed by atoms with Crippen molar-refractivity contribution in [3.05, 3.63) is 0 Å². The van der Waals surface area contributed by atoms with Crippen molar-refractivity contribution in [2.24, 2.45) is 28.8 Å². The largest absolute Gasteiger partial charge is 0.273 e. The second-order valence-corrected chi connectivity index (χ2v) is 5.64. The van der Waals surface area contributed by atoms with Crippen LogP contribution in [0.1, 0.15) is 45.4 Å². The minimum absolute atomic E-state index is 0.178. The first kappa shape index (κ1) is 10.3. The van der Waals surface area contributed by atoms with Crippen LogP contribution in [0.4, 0.5) is 0 Å². The molecule has 1 N–H and O–H groups in total. The van der Waals surface area contributed by atoms with Gasteiger partial charge in [-0.15, -0.1) is 0 Å². The highest BCUT2D eigenvalue weighted by atomic mass is 16.2. The van der Waals surface area contributed by atoms with Gasteiger partial charge in [0.2, 0.25) is 5.91 Å². The average Bonchev–Trinajstić information content (AvgIpc) is 3.16. The van der Waals surface area contributed by atoms with Gasteiger partial charge in [-0.1, -0.05) is 12.8 Å². The van der Waals surface area contributed by atoms with Crippen LogP contribution in [0, 0.1) is 23.7 Å². The van der Waals surface area contributed by atoms with Gasteiger partial charge in [-0.2, -0.15) is 5.10 Å². The maximum atomic E-state index is 11.9. The fourth-order valence-electron chi connectivity index (χ4n) is 3.19. The van der Waals surface area contributed by atoms with Crippen LogP contribution < -0.4 is 5.43 Å². The predicted octanol–water partition coefficient (Wildman–Crippen LogP) is 2.32. The molecule has 1 amide bonds. The number of amides is 1. The van der Waals surface area contributed by atoms with Gasteiger partial charge in [0.1, 0.15) is 0 Å². The Morgan fingerprint density at radius 2 is 1.75 bits per heavy atom. The van der Waals surface area contributed by atoms with Crippen LogP contribution in [0.3, 0.4) is 0 Å². The number of nitrogens with one attached hydrogen (secondary N) is 1. The number of hydrazone groups is 1. The van der Waals surface area contributed by atoms with Crippen molar-refractivity contribution in [3.63, 3.8) is 0 Å². The molecular formula is C13H20N2O. The highest BCUT2D eigenvalue weighted by molar-refractivity contribution is 5.89. The van der Waals surface area contributed by atoms with E-state index in [-0.39, 0.29) is 5.91 Å². The first-order chi connectivity index (χ1) is 7.77. The molecule has 0 spiro atoms. The standard InChI is InChI=1S/C13H20N2O/c1-8(9-6-7-9)14-15-13(16)12-10-4-2-3-5-11(10)12/h9-12H,2-7H2,1H3,(H,15,16)/b14-8-/t10-,11-/m1/s1. The van der Waals surface area contributed by atoms with Gasteiger partial charge in [-0.25, -0.2) is 5.43 Å².